The van der Waals surface area contributed by atoms with Crippen molar-refractivity contribution in [2.75, 3.05) is 44.9 Å². The summed E-state index contributed by atoms with van der Waals surface area (Å²) in [7, 11) is -0.0421. The molecule has 0 radical (unpaired) electrons. The van der Waals surface area contributed by atoms with Crippen LogP contribution in [-0.4, -0.2) is 82.7 Å². The Morgan fingerprint density at radius 2 is 2.03 bits per heavy atom. The predicted octanol–water partition coefficient (Wildman–Crippen LogP) is 4.11. The summed E-state index contributed by atoms with van der Waals surface area (Å²) in [5, 5.41) is 2.60. The zero-order valence-electron chi connectivity index (χ0n) is 20.9. The molecule has 4 rings (SSSR count). The first-order valence-corrected chi connectivity index (χ1v) is 13.6. The van der Waals surface area contributed by atoms with Crippen LogP contribution in [0.25, 0.3) is 0 Å². The summed E-state index contributed by atoms with van der Waals surface area (Å²) in [6, 6.07) is 9.62. The fourth-order valence-corrected chi connectivity index (χ4v) is 6.10. The lowest BCUT2D eigenvalue weighted by Gasteiger charge is -2.37. The molecule has 3 N–H and O–H groups in total. The number of fused-ring (bicyclic) bond motifs is 1. The fourth-order valence-electron chi connectivity index (χ4n) is 4.76. The number of halogens is 3. The standard InChI is InChI=1S/C25H30F3N3O6S/c1-30(24(33)11-16-6-7-22-20(10-16)29-23(32)15-38(22,34)35)21(14-31-9-8-19(13-31)36-2)17-4-3-5-18(12-17)37-25(26,27)28/h3-7,10,12,19,21,34-35H,8-9,11,13-15H2,1-2H3,(H,29,32)/t19-,21+/m0/s1. The van der Waals surface area contributed by atoms with Gasteiger partial charge in [0.2, 0.25) is 11.8 Å². The molecule has 2 aliphatic rings. The van der Waals surface area contributed by atoms with Gasteiger partial charge >= 0.3 is 6.36 Å². The fraction of sp³-hybridized carbons (Fsp3) is 0.440. The Kier molecular flexibility index (Phi) is 8.23. The molecule has 0 bridgehead atoms. The average Bonchev–Trinajstić information content (AvgIpc) is 3.28. The van der Waals surface area contributed by atoms with Gasteiger partial charge in [-0.2, -0.15) is 10.6 Å². The van der Waals surface area contributed by atoms with Gasteiger partial charge in [0.15, 0.2) is 0 Å². The van der Waals surface area contributed by atoms with Gasteiger partial charge < -0.3 is 19.7 Å². The van der Waals surface area contributed by atoms with E-state index in [1.807, 2.05) is 0 Å². The molecule has 9 nitrogen and oxygen atoms in total. The largest absolute Gasteiger partial charge is 0.573 e. The molecule has 208 valence electrons. The molecule has 0 spiro atoms. The van der Waals surface area contributed by atoms with Gasteiger partial charge in [0.05, 0.1) is 29.1 Å². The van der Waals surface area contributed by atoms with Gasteiger partial charge in [-0.3, -0.25) is 23.6 Å². The Morgan fingerprint density at radius 1 is 1.26 bits per heavy atom. The van der Waals surface area contributed by atoms with Crippen LogP contribution < -0.4 is 10.1 Å². The molecule has 1 saturated heterocycles. The summed E-state index contributed by atoms with van der Waals surface area (Å²) < 4.78 is 68.5. The second-order valence-corrected chi connectivity index (χ2v) is 11.5. The lowest BCUT2D eigenvalue weighted by Crippen LogP contribution is -2.39. The highest BCUT2D eigenvalue weighted by molar-refractivity contribution is 8.25. The molecule has 2 aromatic rings. The van der Waals surface area contributed by atoms with E-state index >= 15 is 0 Å². The molecular weight excluding hydrogens is 527 g/mol. The number of nitrogens with zero attached hydrogens (tertiary/aromatic N) is 2. The maximum atomic E-state index is 13.4. The van der Waals surface area contributed by atoms with Crippen LogP contribution in [0.1, 0.15) is 23.6 Å². The molecule has 2 aliphatic heterocycles. The van der Waals surface area contributed by atoms with E-state index in [2.05, 4.69) is 15.0 Å². The number of carbonyl (C=O) groups is 2. The number of ether oxygens (including phenoxy) is 2. The zero-order valence-corrected chi connectivity index (χ0v) is 21.7. The van der Waals surface area contributed by atoms with Crippen LogP contribution in [0.15, 0.2) is 47.4 Å². The molecule has 2 heterocycles. The molecule has 2 amide bonds. The highest BCUT2D eigenvalue weighted by Gasteiger charge is 2.33. The van der Waals surface area contributed by atoms with Gasteiger partial charge in [0.25, 0.3) is 0 Å². The minimum Gasteiger partial charge on any atom is -0.406 e. The third-order valence-electron chi connectivity index (χ3n) is 6.69. The first-order chi connectivity index (χ1) is 17.8. The third kappa shape index (κ3) is 6.77. The minimum atomic E-state index is -4.85. The van der Waals surface area contributed by atoms with Crippen LogP contribution in [-0.2, 0) is 20.7 Å². The normalized spacial score (nSPS) is 20.8. The van der Waals surface area contributed by atoms with E-state index in [1.54, 1.807) is 26.3 Å². The molecule has 1 fully saturated rings. The average molecular weight is 558 g/mol. The van der Waals surface area contributed by atoms with E-state index in [1.165, 1.54) is 35.2 Å². The molecule has 0 aliphatic carbocycles. The van der Waals surface area contributed by atoms with Gasteiger partial charge in [-0.1, -0.05) is 18.2 Å². The minimum absolute atomic E-state index is 0.0366. The topological polar surface area (TPSA) is 112 Å². The smallest absolute Gasteiger partial charge is 0.406 e. The monoisotopic (exact) mass is 557 g/mol. The van der Waals surface area contributed by atoms with Crippen LogP contribution in [0.5, 0.6) is 5.75 Å². The summed E-state index contributed by atoms with van der Waals surface area (Å²) in [4.78, 5) is 29.1. The Balaban J connectivity index is 1.56. The maximum absolute atomic E-state index is 13.4. The summed E-state index contributed by atoms with van der Waals surface area (Å²) in [6.45, 7) is 1.72. The number of likely N-dealkylation sites (N-methyl/N-ethyl adjacent to an activating group) is 1. The number of amides is 2. The zero-order chi connectivity index (χ0) is 27.7. The van der Waals surface area contributed by atoms with Crippen molar-refractivity contribution in [1.82, 2.24) is 9.80 Å². The molecular formula is C25H30F3N3O6S. The number of carbonyl (C=O) groups excluding carboxylic acids is 2. The lowest BCUT2D eigenvalue weighted by atomic mass is 10.0. The molecule has 0 saturated carbocycles. The van der Waals surface area contributed by atoms with E-state index < -0.39 is 34.7 Å². The molecule has 2 aromatic carbocycles. The Bertz CT molecular complexity index is 1200. The van der Waals surface area contributed by atoms with E-state index in [9.17, 15) is 31.9 Å². The number of rotatable bonds is 8. The summed E-state index contributed by atoms with van der Waals surface area (Å²) in [5.41, 5.74) is 1.26. The summed E-state index contributed by atoms with van der Waals surface area (Å²) >= 11 is 0. The summed E-state index contributed by atoms with van der Waals surface area (Å²) in [5.74, 6) is -1.63. The number of likely N-dealkylation sites (tertiary alicyclic amines) is 1. The van der Waals surface area contributed by atoms with E-state index in [0.29, 0.717) is 30.8 Å². The van der Waals surface area contributed by atoms with Crippen molar-refractivity contribution in [1.29, 1.82) is 0 Å². The highest BCUT2D eigenvalue weighted by atomic mass is 32.3. The number of alkyl halides is 3. The lowest BCUT2D eigenvalue weighted by molar-refractivity contribution is -0.274. The number of methoxy groups -OCH3 is 1. The van der Waals surface area contributed by atoms with Crippen LogP contribution in [0.4, 0.5) is 18.9 Å². The van der Waals surface area contributed by atoms with Crippen LogP contribution >= 0.6 is 10.6 Å². The molecule has 38 heavy (non-hydrogen) atoms. The molecule has 2 atom stereocenters. The first-order valence-electron chi connectivity index (χ1n) is 11.9. The van der Waals surface area contributed by atoms with Crippen molar-refractivity contribution in [2.24, 2.45) is 0 Å². The van der Waals surface area contributed by atoms with E-state index in [0.717, 1.165) is 6.42 Å². The second kappa shape index (κ2) is 11.1. The SMILES string of the molecule is CO[C@H]1CCN(C[C@H](c2cccc(OC(F)(F)F)c2)N(C)C(=O)Cc2ccc3c(c2)NC(=O)CS3(O)O)C1. The van der Waals surface area contributed by atoms with Crippen LogP contribution in [0.3, 0.4) is 0 Å². The van der Waals surface area contributed by atoms with Gasteiger partial charge in [0, 0.05) is 33.8 Å². The Hall–Kier alpha value is -2.84. The number of nitrogens with one attached hydrogen (secondary N) is 1. The van der Waals surface area contributed by atoms with Crippen molar-refractivity contribution in [3.05, 3.63) is 53.6 Å². The first kappa shape index (κ1) is 28.2. The molecule has 13 heteroatoms. The molecule has 0 aromatic heterocycles. The maximum Gasteiger partial charge on any atom is 0.573 e. The Labute approximate surface area is 219 Å². The van der Waals surface area contributed by atoms with Gasteiger partial charge in [-0.25, -0.2) is 0 Å². The number of hydrogen-bond donors (Lipinski definition) is 3. The summed E-state index contributed by atoms with van der Waals surface area (Å²) in [6.07, 6.45) is -4.08. The molecule has 0 unspecified atom stereocenters. The number of anilines is 1. The predicted molar refractivity (Wildman–Crippen MR) is 135 cm³/mol. The highest BCUT2D eigenvalue weighted by Crippen LogP contribution is 2.53. The number of benzene rings is 2. The second-order valence-electron chi connectivity index (χ2n) is 9.41. The van der Waals surface area contributed by atoms with Crippen molar-refractivity contribution >= 4 is 28.1 Å². The van der Waals surface area contributed by atoms with Crippen molar-refractivity contribution in [3.8, 4) is 5.75 Å². The van der Waals surface area contributed by atoms with Gasteiger partial charge in [0.1, 0.15) is 11.5 Å². The third-order valence-corrected chi connectivity index (χ3v) is 8.41. The number of hydrogen-bond acceptors (Lipinski definition) is 7. The van der Waals surface area contributed by atoms with E-state index in [-0.39, 0.29) is 34.8 Å². The van der Waals surface area contributed by atoms with Crippen LogP contribution in [0, 0.1) is 0 Å². The Morgan fingerprint density at radius 3 is 2.71 bits per heavy atom. The van der Waals surface area contributed by atoms with Gasteiger partial charge in [-0.15, -0.1) is 13.2 Å². The quantitative estimate of drug-likeness (QED) is 0.448. The van der Waals surface area contributed by atoms with E-state index in [4.69, 9.17) is 4.74 Å². The van der Waals surface area contributed by atoms with Crippen molar-refractivity contribution in [2.45, 2.75) is 36.2 Å². The van der Waals surface area contributed by atoms with Crippen LogP contribution in [0.2, 0.25) is 0 Å². The van der Waals surface area contributed by atoms with Crippen molar-refractivity contribution < 1.29 is 41.3 Å². The van der Waals surface area contributed by atoms with Gasteiger partial charge in [-0.05, 0) is 41.8 Å². The van der Waals surface area contributed by atoms with Crippen molar-refractivity contribution in [3.63, 3.8) is 0 Å².